The van der Waals surface area contributed by atoms with Crippen molar-refractivity contribution in [1.29, 1.82) is 0 Å². The molecule has 0 unspecified atom stereocenters. The summed E-state index contributed by atoms with van der Waals surface area (Å²) in [5.41, 5.74) is 0.543. The van der Waals surface area contributed by atoms with Crippen molar-refractivity contribution < 1.29 is 19.4 Å². The van der Waals surface area contributed by atoms with Gasteiger partial charge in [0.2, 0.25) is 5.91 Å². The molecule has 1 aromatic carbocycles. The largest absolute Gasteiger partial charge is 0.366 e. The van der Waals surface area contributed by atoms with Crippen LogP contribution in [0.3, 0.4) is 0 Å². The first-order valence-electron chi connectivity index (χ1n) is 9.03. The number of benzene rings is 1. The van der Waals surface area contributed by atoms with Crippen LogP contribution in [0, 0.1) is 0 Å². The minimum atomic E-state index is -1.06. The van der Waals surface area contributed by atoms with Gasteiger partial charge in [-0.15, -0.1) is 0 Å². The third-order valence-electron chi connectivity index (χ3n) is 3.66. The Morgan fingerprint density at radius 2 is 2.07 bits per heavy atom. The highest BCUT2D eigenvalue weighted by Crippen LogP contribution is 2.05. The van der Waals surface area contributed by atoms with Crippen LogP contribution in [0.5, 0.6) is 0 Å². The number of ether oxygens (including phenoxy) is 1. The van der Waals surface area contributed by atoms with E-state index in [1.807, 2.05) is 6.07 Å². The van der Waals surface area contributed by atoms with Gasteiger partial charge in [0.05, 0.1) is 6.54 Å². The molecule has 0 saturated carbocycles. The lowest BCUT2D eigenvalue weighted by Gasteiger charge is -2.24. The summed E-state index contributed by atoms with van der Waals surface area (Å²) in [6.45, 7) is 6.32. The predicted octanol–water partition coefficient (Wildman–Crippen LogP) is 3.01. The van der Waals surface area contributed by atoms with E-state index < -0.39 is 6.29 Å². The molecule has 0 radical (unpaired) electrons. The van der Waals surface area contributed by atoms with Crippen molar-refractivity contribution in [3.8, 4) is 0 Å². The van der Waals surface area contributed by atoms with Crippen LogP contribution in [-0.2, 0) is 9.53 Å². The summed E-state index contributed by atoms with van der Waals surface area (Å²) in [5, 5.41) is 12.6. The SMILES string of the molecule is C=C/C(Br)=C\C=C\CN(C[C@H](O)OCC)C(=O)CCNC(=O)c1ccccc1. The molecule has 6 nitrogen and oxygen atoms in total. The van der Waals surface area contributed by atoms with Gasteiger partial charge in [0.15, 0.2) is 6.29 Å². The Hall–Kier alpha value is -2.22. The van der Waals surface area contributed by atoms with Gasteiger partial charge in [0.1, 0.15) is 0 Å². The second-order valence-electron chi connectivity index (χ2n) is 5.76. The highest BCUT2D eigenvalue weighted by atomic mass is 79.9. The molecule has 0 aliphatic carbocycles. The fraction of sp³-hybridized carbons (Fsp3) is 0.333. The molecule has 0 saturated heterocycles. The maximum Gasteiger partial charge on any atom is 0.251 e. The smallest absolute Gasteiger partial charge is 0.251 e. The number of hydrogen-bond acceptors (Lipinski definition) is 4. The van der Waals surface area contributed by atoms with Crippen LogP contribution >= 0.6 is 15.9 Å². The van der Waals surface area contributed by atoms with Crippen LogP contribution in [0.2, 0.25) is 0 Å². The zero-order valence-electron chi connectivity index (χ0n) is 16.0. The summed E-state index contributed by atoms with van der Waals surface area (Å²) < 4.78 is 5.94. The molecule has 28 heavy (non-hydrogen) atoms. The standard InChI is InChI=1S/C21H27BrN2O4/c1-3-18(22)12-8-9-15-24(16-20(26)28-4-2)19(25)13-14-23-21(27)17-10-6-5-7-11-17/h3,5-12,20,26H,1,4,13-16H2,2H3,(H,23,27)/b9-8+,18-12+/t20-/m1/s1. The molecule has 2 N–H and O–H groups in total. The number of carbonyl (C=O) groups excluding carboxylic acids is 2. The molecule has 0 spiro atoms. The van der Waals surface area contributed by atoms with Crippen LogP contribution in [0.25, 0.3) is 0 Å². The van der Waals surface area contributed by atoms with Crippen molar-refractivity contribution in [2.45, 2.75) is 19.6 Å². The molecule has 0 fully saturated rings. The molecule has 1 rings (SSSR count). The second-order valence-corrected chi connectivity index (χ2v) is 6.68. The van der Waals surface area contributed by atoms with Crippen LogP contribution in [-0.4, -0.2) is 54.4 Å². The molecule has 1 aromatic rings. The molecule has 0 heterocycles. The number of aliphatic hydroxyl groups is 1. The summed E-state index contributed by atoms with van der Waals surface area (Å²) in [5.74, 6) is -0.419. The summed E-state index contributed by atoms with van der Waals surface area (Å²) in [6, 6.07) is 8.81. The van der Waals surface area contributed by atoms with E-state index in [0.717, 1.165) is 4.48 Å². The van der Waals surface area contributed by atoms with E-state index in [9.17, 15) is 14.7 Å². The van der Waals surface area contributed by atoms with Gasteiger partial charge in [-0.3, -0.25) is 9.59 Å². The van der Waals surface area contributed by atoms with Gasteiger partial charge in [0, 0.05) is 36.2 Å². The Balaban J connectivity index is 2.59. The normalized spacial score (nSPS) is 12.6. The van der Waals surface area contributed by atoms with E-state index in [-0.39, 0.29) is 31.3 Å². The molecule has 0 aliphatic heterocycles. The number of halogens is 1. The number of nitrogens with one attached hydrogen (secondary N) is 1. The van der Waals surface area contributed by atoms with Gasteiger partial charge in [-0.25, -0.2) is 0 Å². The van der Waals surface area contributed by atoms with Gasteiger partial charge in [-0.2, -0.15) is 0 Å². The molecule has 0 aliphatic rings. The van der Waals surface area contributed by atoms with Crippen molar-refractivity contribution in [2.24, 2.45) is 0 Å². The minimum Gasteiger partial charge on any atom is -0.366 e. The van der Waals surface area contributed by atoms with Crippen molar-refractivity contribution in [3.63, 3.8) is 0 Å². The first-order valence-corrected chi connectivity index (χ1v) is 9.82. The Labute approximate surface area is 174 Å². The first kappa shape index (κ1) is 23.8. The van der Waals surface area contributed by atoms with Crippen LogP contribution in [0.15, 0.2) is 65.7 Å². The fourth-order valence-electron chi connectivity index (χ4n) is 2.26. The van der Waals surface area contributed by atoms with Crippen molar-refractivity contribution in [1.82, 2.24) is 10.2 Å². The highest BCUT2D eigenvalue weighted by Gasteiger charge is 2.17. The fourth-order valence-corrected chi connectivity index (χ4v) is 2.41. The lowest BCUT2D eigenvalue weighted by Crippen LogP contribution is -2.40. The topological polar surface area (TPSA) is 78.9 Å². The molecule has 2 amide bonds. The summed E-state index contributed by atoms with van der Waals surface area (Å²) in [6.07, 6.45) is 6.10. The number of hydrogen-bond donors (Lipinski definition) is 2. The number of aliphatic hydroxyl groups excluding tert-OH is 1. The average Bonchev–Trinajstić information content (AvgIpc) is 2.70. The van der Waals surface area contributed by atoms with E-state index >= 15 is 0 Å². The number of nitrogens with zero attached hydrogens (tertiary/aromatic N) is 1. The summed E-state index contributed by atoms with van der Waals surface area (Å²) >= 11 is 3.31. The number of rotatable bonds is 12. The first-order chi connectivity index (χ1) is 13.5. The number of carbonyl (C=O) groups is 2. The predicted molar refractivity (Wildman–Crippen MR) is 114 cm³/mol. The van der Waals surface area contributed by atoms with Crippen molar-refractivity contribution in [2.75, 3.05) is 26.2 Å². The Morgan fingerprint density at radius 3 is 2.71 bits per heavy atom. The third kappa shape index (κ3) is 9.64. The molecule has 152 valence electrons. The van der Waals surface area contributed by atoms with E-state index in [1.165, 1.54) is 4.90 Å². The van der Waals surface area contributed by atoms with E-state index in [0.29, 0.717) is 18.7 Å². The molecular weight excluding hydrogens is 424 g/mol. The third-order valence-corrected chi connectivity index (χ3v) is 4.25. The number of allylic oxidation sites excluding steroid dienone is 4. The lowest BCUT2D eigenvalue weighted by molar-refractivity contribution is -0.142. The summed E-state index contributed by atoms with van der Waals surface area (Å²) in [4.78, 5) is 26.0. The van der Waals surface area contributed by atoms with Gasteiger partial charge < -0.3 is 20.1 Å². The van der Waals surface area contributed by atoms with Crippen molar-refractivity contribution >= 4 is 27.7 Å². The van der Waals surface area contributed by atoms with Gasteiger partial charge >= 0.3 is 0 Å². The maximum absolute atomic E-state index is 12.5. The quantitative estimate of drug-likeness (QED) is 0.378. The van der Waals surface area contributed by atoms with Gasteiger partial charge in [-0.1, -0.05) is 58.9 Å². The Morgan fingerprint density at radius 1 is 1.36 bits per heavy atom. The second kappa shape index (κ2) is 13.9. The van der Waals surface area contributed by atoms with Gasteiger partial charge in [-0.05, 0) is 25.1 Å². The maximum atomic E-state index is 12.5. The number of amides is 2. The molecule has 7 heteroatoms. The van der Waals surface area contributed by atoms with Crippen LogP contribution in [0.4, 0.5) is 0 Å². The van der Waals surface area contributed by atoms with E-state index in [2.05, 4.69) is 27.8 Å². The molecular formula is C21H27BrN2O4. The average molecular weight is 451 g/mol. The zero-order chi connectivity index (χ0) is 20.8. The van der Waals surface area contributed by atoms with Crippen molar-refractivity contribution in [3.05, 3.63) is 71.3 Å². The Kier molecular flexibility index (Phi) is 11.8. The molecule has 0 bridgehead atoms. The molecule has 0 aromatic heterocycles. The Bertz CT molecular complexity index is 689. The van der Waals surface area contributed by atoms with Gasteiger partial charge in [0.25, 0.3) is 5.91 Å². The minimum absolute atomic E-state index is 0.0516. The van der Waals surface area contributed by atoms with E-state index in [4.69, 9.17) is 4.74 Å². The monoisotopic (exact) mass is 450 g/mol. The van der Waals surface area contributed by atoms with Crippen LogP contribution in [0.1, 0.15) is 23.7 Å². The lowest BCUT2D eigenvalue weighted by atomic mass is 10.2. The molecule has 1 atom stereocenters. The summed E-state index contributed by atoms with van der Waals surface area (Å²) in [7, 11) is 0. The van der Waals surface area contributed by atoms with Crippen LogP contribution < -0.4 is 5.32 Å². The zero-order valence-corrected chi connectivity index (χ0v) is 17.6. The van der Waals surface area contributed by atoms with E-state index in [1.54, 1.807) is 55.5 Å². The highest BCUT2D eigenvalue weighted by molar-refractivity contribution is 9.11.